The second-order valence-electron chi connectivity index (χ2n) is 6.30. The molecule has 2 aliphatic rings. The first-order chi connectivity index (χ1) is 10.2. The Morgan fingerprint density at radius 3 is 2.67 bits per heavy atom. The van der Waals surface area contributed by atoms with Crippen LogP contribution in [0.25, 0.3) is 0 Å². The molecule has 2 fully saturated rings. The van der Waals surface area contributed by atoms with E-state index in [1.807, 2.05) is 4.90 Å². The van der Waals surface area contributed by atoms with Gasteiger partial charge >= 0.3 is 0 Å². The Morgan fingerprint density at radius 2 is 2.00 bits per heavy atom. The van der Waals surface area contributed by atoms with E-state index < -0.39 is 0 Å². The SMILES string of the molecule is N#Cc1ccc(C(=O)N2CCCC3(CCCNC3)C2)cc1. The van der Waals surface area contributed by atoms with E-state index >= 15 is 0 Å². The first-order valence-corrected chi connectivity index (χ1v) is 7.73. The van der Waals surface area contributed by atoms with Crippen molar-refractivity contribution in [1.82, 2.24) is 10.2 Å². The molecule has 0 aromatic heterocycles. The quantitative estimate of drug-likeness (QED) is 0.859. The highest BCUT2D eigenvalue weighted by molar-refractivity contribution is 5.94. The Balaban J connectivity index is 1.73. The Morgan fingerprint density at radius 1 is 1.24 bits per heavy atom. The third-order valence-electron chi connectivity index (χ3n) is 4.77. The summed E-state index contributed by atoms with van der Waals surface area (Å²) >= 11 is 0. The van der Waals surface area contributed by atoms with Gasteiger partial charge in [-0.3, -0.25) is 4.79 Å². The van der Waals surface area contributed by atoms with Crippen molar-refractivity contribution in [1.29, 1.82) is 5.26 Å². The molecule has 110 valence electrons. The molecule has 0 saturated carbocycles. The minimum Gasteiger partial charge on any atom is -0.338 e. The molecule has 1 aromatic carbocycles. The van der Waals surface area contributed by atoms with Crippen LogP contribution < -0.4 is 5.32 Å². The number of likely N-dealkylation sites (tertiary alicyclic amines) is 1. The van der Waals surface area contributed by atoms with Crippen molar-refractivity contribution in [3.63, 3.8) is 0 Å². The van der Waals surface area contributed by atoms with Crippen molar-refractivity contribution in [2.24, 2.45) is 5.41 Å². The molecule has 0 bridgehead atoms. The summed E-state index contributed by atoms with van der Waals surface area (Å²) in [5, 5.41) is 12.3. The van der Waals surface area contributed by atoms with E-state index in [0.29, 0.717) is 11.1 Å². The molecule has 1 spiro atoms. The van der Waals surface area contributed by atoms with Crippen LogP contribution in [-0.2, 0) is 0 Å². The van der Waals surface area contributed by atoms with Gasteiger partial charge in [-0.15, -0.1) is 0 Å². The van der Waals surface area contributed by atoms with E-state index in [-0.39, 0.29) is 11.3 Å². The highest BCUT2D eigenvalue weighted by Crippen LogP contribution is 2.36. The molecule has 1 aromatic rings. The van der Waals surface area contributed by atoms with Gasteiger partial charge in [-0.25, -0.2) is 0 Å². The molecular formula is C17H21N3O. The van der Waals surface area contributed by atoms with E-state index in [9.17, 15) is 4.79 Å². The molecule has 0 radical (unpaired) electrons. The topological polar surface area (TPSA) is 56.1 Å². The largest absolute Gasteiger partial charge is 0.338 e. The molecule has 1 amide bonds. The van der Waals surface area contributed by atoms with Crippen molar-refractivity contribution in [3.05, 3.63) is 35.4 Å². The molecule has 2 heterocycles. The number of amides is 1. The molecule has 1 N–H and O–H groups in total. The number of nitrogens with one attached hydrogen (secondary N) is 1. The van der Waals surface area contributed by atoms with Crippen LogP contribution in [0.2, 0.25) is 0 Å². The number of carbonyl (C=O) groups excluding carboxylic acids is 1. The van der Waals surface area contributed by atoms with Crippen molar-refractivity contribution >= 4 is 5.91 Å². The van der Waals surface area contributed by atoms with Gasteiger partial charge in [0.15, 0.2) is 0 Å². The summed E-state index contributed by atoms with van der Waals surface area (Å²) in [7, 11) is 0. The normalized spacial score (nSPS) is 25.6. The van der Waals surface area contributed by atoms with Crippen LogP contribution in [0.15, 0.2) is 24.3 Å². The smallest absolute Gasteiger partial charge is 0.253 e. The van der Waals surface area contributed by atoms with Gasteiger partial charge in [-0.1, -0.05) is 0 Å². The monoisotopic (exact) mass is 283 g/mol. The van der Waals surface area contributed by atoms with Gasteiger partial charge in [-0.2, -0.15) is 5.26 Å². The van der Waals surface area contributed by atoms with E-state index in [2.05, 4.69) is 11.4 Å². The zero-order chi connectivity index (χ0) is 14.7. The number of nitrogens with zero attached hydrogens (tertiary/aromatic N) is 2. The number of carbonyl (C=O) groups is 1. The van der Waals surface area contributed by atoms with E-state index in [1.54, 1.807) is 24.3 Å². The fourth-order valence-corrected chi connectivity index (χ4v) is 3.63. The highest BCUT2D eigenvalue weighted by atomic mass is 16.2. The Labute approximate surface area is 125 Å². The van der Waals surface area contributed by atoms with Gasteiger partial charge in [-0.05, 0) is 56.5 Å². The molecule has 1 unspecified atom stereocenters. The zero-order valence-corrected chi connectivity index (χ0v) is 12.3. The molecule has 0 aliphatic carbocycles. The van der Waals surface area contributed by atoms with Crippen LogP contribution in [0, 0.1) is 16.7 Å². The number of nitriles is 1. The van der Waals surface area contributed by atoms with Crippen LogP contribution in [-0.4, -0.2) is 37.0 Å². The number of rotatable bonds is 1. The molecular weight excluding hydrogens is 262 g/mol. The summed E-state index contributed by atoms with van der Waals surface area (Å²) < 4.78 is 0. The maximum atomic E-state index is 12.6. The van der Waals surface area contributed by atoms with Crippen molar-refractivity contribution in [2.75, 3.05) is 26.2 Å². The average molecular weight is 283 g/mol. The summed E-state index contributed by atoms with van der Waals surface area (Å²) in [6.07, 6.45) is 4.73. The van der Waals surface area contributed by atoms with Crippen LogP contribution >= 0.6 is 0 Å². The van der Waals surface area contributed by atoms with E-state index in [4.69, 9.17) is 5.26 Å². The zero-order valence-electron chi connectivity index (χ0n) is 12.3. The van der Waals surface area contributed by atoms with Crippen molar-refractivity contribution < 1.29 is 4.79 Å². The number of piperidine rings is 2. The summed E-state index contributed by atoms with van der Waals surface area (Å²) in [5.74, 6) is 0.101. The fourth-order valence-electron chi connectivity index (χ4n) is 3.63. The minimum atomic E-state index is 0.101. The lowest BCUT2D eigenvalue weighted by Gasteiger charge is -2.45. The fraction of sp³-hybridized carbons (Fsp3) is 0.529. The van der Waals surface area contributed by atoms with Gasteiger partial charge < -0.3 is 10.2 Å². The van der Waals surface area contributed by atoms with E-state index in [1.165, 1.54) is 19.3 Å². The van der Waals surface area contributed by atoms with Gasteiger partial charge in [0, 0.05) is 30.6 Å². The van der Waals surface area contributed by atoms with Crippen LogP contribution in [0.1, 0.15) is 41.6 Å². The summed E-state index contributed by atoms with van der Waals surface area (Å²) in [5.41, 5.74) is 1.56. The van der Waals surface area contributed by atoms with Crippen LogP contribution in [0.5, 0.6) is 0 Å². The van der Waals surface area contributed by atoms with Crippen molar-refractivity contribution in [2.45, 2.75) is 25.7 Å². The maximum absolute atomic E-state index is 12.6. The third kappa shape index (κ3) is 2.93. The third-order valence-corrected chi connectivity index (χ3v) is 4.77. The minimum absolute atomic E-state index is 0.101. The Hall–Kier alpha value is -1.86. The predicted molar refractivity (Wildman–Crippen MR) is 80.8 cm³/mol. The standard InChI is InChI=1S/C17H21N3O/c18-11-14-3-5-15(6-4-14)16(21)20-10-2-8-17(13-20)7-1-9-19-12-17/h3-6,19H,1-2,7-10,12-13H2. The van der Waals surface area contributed by atoms with E-state index in [0.717, 1.165) is 32.6 Å². The van der Waals surface area contributed by atoms with Gasteiger partial charge in [0.1, 0.15) is 0 Å². The second kappa shape index (κ2) is 5.87. The summed E-state index contributed by atoms with van der Waals surface area (Å²) in [6, 6.07) is 9.05. The number of hydrogen-bond donors (Lipinski definition) is 1. The molecule has 4 nitrogen and oxygen atoms in total. The van der Waals surface area contributed by atoms with Crippen LogP contribution in [0.3, 0.4) is 0 Å². The Kier molecular flexibility index (Phi) is 3.94. The number of benzene rings is 1. The first-order valence-electron chi connectivity index (χ1n) is 7.73. The highest BCUT2D eigenvalue weighted by Gasteiger charge is 2.38. The first kappa shape index (κ1) is 14.1. The average Bonchev–Trinajstić information content (AvgIpc) is 2.55. The van der Waals surface area contributed by atoms with Gasteiger partial charge in [0.05, 0.1) is 11.6 Å². The van der Waals surface area contributed by atoms with Crippen molar-refractivity contribution in [3.8, 4) is 6.07 Å². The molecule has 2 saturated heterocycles. The molecule has 2 aliphatic heterocycles. The van der Waals surface area contributed by atoms with Gasteiger partial charge in [0.2, 0.25) is 0 Å². The number of hydrogen-bond acceptors (Lipinski definition) is 3. The molecule has 3 rings (SSSR count). The summed E-state index contributed by atoms with van der Waals surface area (Å²) in [6.45, 7) is 3.84. The lowest BCUT2D eigenvalue weighted by atomic mass is 9.74. The predicted octanol–water partition coefficient (Wildman–Crippen LogP) is 2.16. The lowest BCUT2D eigenvalue weighted by molar-refractivity contribution is 0.0434. The molecule has 4 heteroatoms. The molecule has 1 atom stereocenters. The molecule has 21 heavy (non-hydrogen) atoms. The maximum Gasteiger partial charge on any atom is 0.253 e. The second-order valence-corrected chi connectivity index (χ2v) is 6.30. The Bertz CT molecular complexity index is 547. The lowest BCUT2D eigenvalue weighted by Crippen LogP contribution is -2.52. The van der Waals surface area contributed by atoms with Crippen LogP contribution in [0.4, 0.5) is 0 Å². The van der Waals surface area contributed by atoms with Gasteiger partial charge in [0.25, 0.3) is 5.91 Å². The summed E-state index contributed by atoms with van der Waals surface area (Å²) in [4.78, 5) is 14.6.